The highest BCUT2D eigenvalue weighted by atomic mass is 19.4. The molecule has 0 fully saturated rings. The van der Waals surface area contributed by atoms with E-state index in [1.54, 1.807) is 0 Å². The number of rotatable bonds is 1. The van der Waals surface area contributed by atoms with Crippen LogP contribution in [0.25, 0.3) is 0 Å². The lowest BCUT2D eigenvalue weighted by molar-refractivity contribution is -0.326. The van der Waals surface area contributed by atoms with Gasteiger partial charge in [-0.1, -0.05) is 0 Å². The Morgan fingerprint density at radius 3 is 1.78 bits per heavy atom. The molecule has 0 aliphatic heterocycles. The molecule has 0 radical (unpaired) electrons. The Morgan fingerprint density at radius 2 is 1.78 bits per heavy atom. The third kappa shape index (κ3) is 2.29. The Balaban J connectivity index is 4.04. The fourth-order valence-corrected chi connectivity index (χ4v) is 0.134. The van der Waals surface area contributed by atoms with E-state index in [2.05, 4.69) is 0 Å². The minimum atomic E-state index is -5.35. The Bertz CT molecular complexity index is 117. The van der Waals surface area contributed by atoms with E-state index in [4.69, 9.17) is 9.90 Å². The highest BCUT2D eigenvalue weighted by Crippen LogP contribution is 2.21. The molecule has 0 saturated heterocycles. The fourth-order valence-electron chi connectivity index (χ4n) is 0.134. The standard InChI is InChI=1S/C3H2F4O2/c4-1(2(8)9)3(5,6)7/h1H,(H,8,9)/p-1. The molecular formula is C3HF4O2-. The molecule has 54 valence electrons. The molecule has 0 aromatic rings. The van der Waals surface area contributed by atoms with E-state index in [1.165, 1.54) is 0 Å². The Morgan fingerprint density at radius 1 is 1.44 bits per heavy atom. The van der Waals surface area contributed by atoms with Crippen LogP contribution in [0.5, 0.6) is 0 Å². The second-order valence-corrected chi connectivity index (χ2v) is 1.22. The number of aliphatic carboxylic acids is 1. The molecule has 0 aromatic carbocycles. The van der Waals surface area contributed by atoms with Gasteiger partial charge in [0.2, 0.25) is 6.17 Å². The average molecular weight is 145 g/mol. The molecule has 0 rings (SSSR count). The van der Waals surface area contributed by atoms with Crippen molar-refractivity contribution in [1.82, 2.24) is 0 Å². The molecule has 0 N–H and O–H groups in total. The molecule has 0 bridgehead atoms. The van der Waals surface area contributed by atoms with Gasteiger partial charge in [-0.05, 0) is 0 Å². The number of carbonyl (C=O) groups is 1. The molecule has 2 nitrogen and oxygen atoms in total. The molecule has 0 aliphatic carbocycles. The van der Waals surface area contributed by atoms with E-state index in [1.807, 2.05) is 0 Å². The first-order chi connectivity index (χ1) is 3.85. The third-order valence-corrected chi connectivity index (χ3v) is 0.494. The number of hydrogen-bond donors (Lipinski definition) is 0. The van der Waals surface area contributed by atoms with Gasteiger partial charge < -0.3 is 9.90 Å². The molecule has 0 heterocycles. The summed E-state index contributed by atoms with van der Waals surface area (Å²) < 4.78 is 44.0. The van der Waals surface area contributed by atoms with Gasteiger partial charge in [0, 0.05) is 0 Å². The monoisotopic (exact) mass is 145 g/mol. The fraction of sp³-hybridized carbons (Fsp3) is 0.667. The van der Waals surface area contributed by atoms with E-state index in [-0.39, 0.29) is 0 Å². The number of carboxylic acids is 1. The van der Waals surface area contributed by atoms with E-state index < -0.39 is 18.3 Å². The zero-order valence-electron chi connectivity index (χ0n) is 3.91. The van der Waals surface area contributed by atoms with Crippen molar-refractivity contribution < 1.29 is 27.5 Å². The predicted molar refractivity (Wildman–Crippen MR) is 16.0 cm³/mol. The van der Waals surface area contributed by atoms with Crippen LogP contribution in [0.4, 0.5) is 17.6 Å². The summed E-state index contributed by atoms with van der Waals surface area (Å²) in [5, 5.41) is 9.14. The number of carbonyl (C=O) groups excluding carboxylic acids is 1. The van der Waals surface area contributed by atoms with Gasteiger partial charge in [0.15, 0.2) is 0 Å². The molecule has 0 aromatic heterocycles. The SMILES string of the molecule is O=C([O-])C(F)C(F)(F)F. The quantitative estimate of drug-likeness (QED) is 0.472. The van der Waals surface area contributed by atoms with Gasteiger partial charge in [-0.25, -0.2) is 4.39 Å². The summed E-state index contributed by atoms with van der Waals surface area (Å²) in [7, 11) is 0. The van der Waals surface area contributed by atoms with Crippen LogP contribution in [0, 0.1) is 0 Å². The van der Waals surface area contributed by atoms with E-state index in [0.717, 1.165) is 0 Å². The van der Waals surface area contributed by atoms with Crippen LogP contribution < -0.4 is 5.11 Å². The molecule has 1 atom stereocenters. The molecule has 6 heteroatoms. The molecular weight excluding hydrogens is 144 g/mol. The Kier molecular flexibility index (Phi) is 2.00. The third-order valence-electron chi connectivity index (χ3n) is 0.494. The Labute approximate surface area is 47.1 Å². The van der Waals surface area contributed by atoms with Crippen LogP contribution in [0.1, 0.15) is 0 Å². The molecule has 1 unspecified atom stereocenters. The van der Waals surface area contributed by atoms with Crippen LogP contribution in [0.15, 0.2) is 0 Å². The van der Waals surface area contributed by atoms with Gasteiger partial charge in [0.25, 0.3) is 0 Å². The molecule has 9 heavy (non-hydrogen) atoms. The lowest BCUT2D eigenvalue weighted by Gasteiger charge is -2.11. The van der Waals surface area contributed by atoms with Crippen molar-refractivity contribution in [2.24, 2.45) is 0 Å². The lowest BCUT2D eigenvalue weighted by Crippen LogP contribution is -2.42. The van der Waals surface area contributed by atoms with Crippen molar-refractivity contribution in [2.75, 3.05) is 0 Å². The number of halogens is 4. The van der Waals surface area contributed by atoms with Crippen molar-refractivity contribution in [1.29, 1.82) is 0 Å². The van der Waals surface area contributed by atoms with Crippen molar-refractivity contribution >= 4 is 5.97 Å². The summed E-state index contributed by atoms with van der Waals surface area (Å²) in [5.74, 6) is -2.76. The zero-order valence-corrected chi connectivity index (χ0v) is 3.91. The van der Waals surface area contributed by atoms with Crippen LogP contribution in [-0.2, 0) is 4.79 Å². The van der Waals surface area contributed by atoms with Crippen LogP contribution in [0.2, 0.25) is 0 Å². The largest absolute Gasteiger partial charge is 0.547 e. The predicted octanol–water partition coefficient (Wildman–Crippen LogP) is -0.363. The second-order valence-electron chi connectivity index (χ2n) is 1.22. The molecule has 0 spiro atoms. The molecule has 0 aliphatic rings. The van der Waals surface area contributed by atoms with E-state index >= 15 is 0 Å². The summed E-state index contributed by atoms with van der Waals surface area (Å²) >= 11 is 0. The topological polar surface area (TPSA) is 40.1 Å². The van der Waals surface area contributed by atoms with Crippen LogP contribution >= 0.6 is 0 Å². The molecule has 0 saturated carbocycles. The first kappa shape index (κ1) is 8.19. The van der Waals surface area contributed by atoms with Gasteiger partial charge >= 0.3 is 6.18 Å². The summed E-state index contributed by atoms with van der Waals surface area (Å²) in [6.45, 7) is 0. The minimum Gasteiger partial charge on any atom is -0.547 e. The second kappa shape index (κ2) is 2.20. The van der Waals surface area contributed by atoms with Crippen molar-refractivity contribution in [2.45, 2.75) is 12.3 Å². The number of carboxylic acid groups (broad SMARTS) is 1. The molecule has 0 amide bonds. The summed E-state index contributed by atoms with van der Waals surface area (Å²) in [6.07, 6.45) is -9.23. The van der Waals surface area contributed by atoms with Crippen molar-refractivity contribution in [3.05, 3.63) is 0 Å². The zero-order chi connectivity index (χ0) is 7.65. The van der Waals surface area contributed by atoms with E-state index in [9.17, 15) is 17.6 Å². The van der Waals surface area contributed by atoms with Crippen LogP contribution in [0.3, 0.4) is 0 Å². The van der Waals surface area contributed by atoms with Gasteiger partial charge in [-0.2, -0.15) is 13.2 Å². The lowest BCUT2D eigenvalue weighted by atomic mass is 10.4. The van der Waals surface area contributed by atoms with Gasteiger partial charge in [0.1, 0.15) is 0 Å². The number of hydrogen-bond acceptors (Lipinski definition) is 2. The summed E-state index contributed by atoms with van der Waals surface area (Å²) in [4.78, 5) is 9.14. The van der Waals surface area contributed by atoms with Gasteiger partial charge in [0.05, 0.1) is 5.97 Å². The first-order valence-corrected chi connectivity index (χ1v) is 1.77. The Hall–Kier alpha value is -0.810. The van der Waals surface area contributed by atoms with Gasteiger partial charge in [-0.15, -0.1) is 0 Å². The normalized spacial score (nSPS) is 15.1. The summed E-state index contributed by atoms with van der Waals surface area (Å²) in [5.41, 5.74) is 0. The van der Waals surface area contributed by atoms with Crippen molar-refractivity contribution in [3.8, 4) is 0 Å². The van der Waals surface area contributed by atoms with Crippen molar-refractivity contribution in [3.63, 3.8) is 0 Å². The average Bonchev–Trinajstić information content (AvgIpc) is 1.62. The highest BCUT2D eigenvalue weighted by molar-refractivity contribution is 5.70. The maximum Gasteiger partial charge on any atom is 0.425 e. The maximum atomic E-state index is 11.2. The number of alkyl halides is 4. The van der Waals surface area contributed by atoms with E-state index in [0.29, 0.717) is 0 Å². The highest BCUT2D eigenvalue weighted by Gasteiger charge is 2.41. The first-order valence-electron chi connectivity index (χ1n) is 1.77. The maximum absolute atomic E-state index is 11.2. The van der Waals surface area contributed by atoms with Gasteiger partial charge in [-0.3, -0.25) is 0 Å². The van der Waals surface area contributed by atoms with Crippen LogP contribution in [-0.4, -0.2) is 18.3 Å². The minimum absolute atomic E-state index is 2.76. The smallest absolute Gasteiger partial charge is 0.425 e. The summed E-state index contributed by atoms with van der Waals surface area (Å²) in [6, 6.07) is 0.